The highest BCUT2D eigenvalue weighted by molar-refractivity contribution is 5.84. The summed E-state index contributed by atoms with van der Waals surface area (Å²) in [6.07, 6.45) is 5.04. The maximum atomic E-state index is 11.8. The van der Waals surface area contributed by atoms with Crippen molar-refractivity contribution in [1.29, 1.82) is 0 Å². The molecular weight excluding hydrogens is 262 g/mol. The number of carbonyl (C=O) groups excluding carboxylic acids is 1. The number of urea groups is 1. The van der Waals surface area contributed by atoms with Gasteiger partial charge in [0.25, 0.3) is 0 Å². The van der Waals surface area contributed by atoms with E-state index in [1.54, 1.807) is 4.90 Å². The van der Waals surface area contributed by atoms with Crippen molar-refractivity contribution in [3.63, 3.8) is 0 Å². The van der Waals surface area contributed by atoms with Gasteiger partial charge >= 0.3 is 12.0 Å². The van der Waals surface area contributed by atoms with Crippen LogP contribution in [0.25, 0.3) is 0 Å². The minimum Gasteiger partial charge on any atom is -0.476 e. The van der Waals surface area contributed by atoms with Crippen LogP contribution in [0.15, 0.2) is 6.20 Å². The molecule has 1 saturated heterocycles. The van der Waals surface area contributed by atoms with Crippen LogP contribution in [0.3, 0.4) is 0 Å². The molecule has 1 aliphatic carbocycles. The molecule has 108 valence electrons. The molecule has 0 bridgehead atoms. The number of aromatic carboxylic acids is 1. The highest BCUT2D eigenvalue weighted by Crippen LogP contribution is 2.31. The number of carbonyl (C=O) groups is 2. The molecule has 8 nitrogen and oxygen atoms in total. The first-order chi connectivity index (χ1) is 9.63. The quantitative estimate of drug-likeness (QED) is 0.809. The normalized spacial score (nSPS) is 18.7. The molecule has 0 spiro atoms. The van der Waals surface area contributed by atoms with Gasteiger partial charge in [0, 0.05) is 19.6 Å². The van der Waals surface area contributed by atoms with Crippen LogP contribution in [0.5, 0.6) is 0 Å². The molecule has 2 fully saturated rings. The summed E-state index contributed by atoms with van der Waals surface area (Å²) in [5.74, 6) is -0.283. The summed E-state index contributed by atoms with van der Waals surface area (Å²) in [7, 11) is 0. The third-order valence-corrected chi connectivity index (χ3v) is 3.78. The topological polar surface area (TPSA) is 100 Å². The summed E-state index contributed by atoms with van der Waals surface area (Å²) in [5.41, 5.74) is -0.0719. The molecular formula is C12H17N5O3. The van der Waals surface area contributed by atoms with Gasteiger partial charge in [0.1, 0.15) is 0 Å². The molecule has 8 heteroatoms. The molecule has 2 amide bonds. The van der Waals surface area contributed by atoms with Crippen LogP contribution in [-0.4, -0.2) is 56.6 Å². The van der Waals surface area contributed by atoms with Crippen molar-refractivity contribution in [1.82, 2.24) is 25.2 Å². The lowest BCUT2D eigenvalue weighted by Gasteiger charge is -2.38. The van der Waals surface area contributed by atoms with Gasteiger partial charge in [-0.3, -0.25) is 0 Å². The van der Waals surface area contributed by atoms with Crippen molar-refractivity contribution < 1.29 is 14.7 Å². The van der Waals surface area contributed by atoms with E-state index in [0.717, 1.165) is 18.9 Å². The molecule has 0 aromatic carbocycles. The van der Waals surface area contributed by atoms with Crippen LogP contribution in [0.2, 0.25) is 0 Å². The number of nitrogens with one attached hydrogen (secondary N) is 1. The van der Waals surface area contributed by atoms with E-state index in [2.05, 4.69) is 15.6 Å². The fourth-order valence-corrected chi connectivity index (χ4v) is 2.24. The minimum absolute atomic E-state index is 0.0183. The third kappa shape index (κ3) is 2.73. The predicted octanol–water partition coefficient (Wildman–Crippen LogP) is 0.343. The summed E-state index contributed by atoms with van der Waals surface area (Å²) in [4.78, 5) is 24.2. The second-order valence-corrected chi connectivity index (χ2v) is 5.41. The van der Waals surface area contributed by atoms with Crippen LogP contribution < -0.4 is 5.32 Å². The molecule has 2 N–H and O–H groups in total. The fraction of sp³-hybridized carbons (Fsp3) is 0.667. The van der Waals surface area contributed by atoms with E-state index in [1.807, 2.05) is 0 Å². The van der Waals surface area contributed by atoms with Gasteiger partial charge in [-0.25, -0.2) is 14.3 Å². The maximum absolute atomic E-state index is 11.8. The Morgan fingerprint density at radius 2 is 2.15 bits per heavy atom. The van der Waals surface area contributed by atoms with Crippen LogP contribution in [-0.2, 0) is 0 Å². The maximum Gasteiger partial charge on any atom is 0.358 e. The second kappa shape index (κ2) is 5.10. The number of hydrogen-bond acceptors (Lipinski definition) is 4. The number of nitrogens with zero attached hydrogens (tertiary/aromatic N) is 4. The average molecular weight is 279 g/mol. The van der Waals surface area contributed by atoms with Crippen molar-refractivity contribution in [2.24, 2.45) is 5.92 Å². The Balaban J connectivity index is 1.42. The highest BCUT2D eigenvalue weighted by atomic mass is 16.4. The Kier molecular flexibility index (Phi) is 3.29. The zero-order valence-electron chi connectivity index (χ0n) is 11.0. The SMILES string of the molecule is O=C(O)c1cn(C2CN(C(=O)NCCC3CC3)C2)nn1. The molecule has 0 unspecified atom stereocenters. The Hall–Kier alpha value is -2.12. The van der Waals surface area contributed by atoms with E-state index in [-0.39, 0.29) is 17.8 Å². The summed E-state index contributed by atoms with van der Waals surface area (Å²) >= 11 is 0. The van der Waals surface area contributed by atoms with Gasteiger partial charge in [0.15, 0.2) is 5.69 Å². The number of hydrogen-bond donors (Lipinski definition) is 2. The number of rotatable bonds is 5. The molecule has 1 aliphatic heterocycles. The molecule has 0 radical (unpaired) electrons. The summed E-state index contributed by atoms with van der Waals surface area (Å²) in [5, 5.41) is 19.0. The minimum atomic E-state index is -1.09. The van der Waals surface area contributed by atoms with E-state index in [9.17, 15) is 9.59 Å². The van der Waals surface area contributed by atoms with Crippen molar-refractivity contribution in [3.05, 3.63) is 11.9 Å². The van der Waals surface area contributed by atoms with E-state index >= 15 is 0 Å². The van der Waals surface area contributed by atoms with Crippen molar-refractivity contribution in [2.45, 2.75) is 25.3 Å². The monoisotopic (exact) mass is 279 g/mol. The zero-order valence-corrected chi connectivity index (χ0v) is 11.0. The smallest absolute Gasteiger partial charge is 0.358 e. The average Bonchev–Trinajstić information content (AvgIpc) is 3.03. The van der Waals surface area contributed by atoms with Crippen LogP contribution in [0.4, 0.5) is 4.79 Å². The van der Waals surface area contributed by atoms with Gasteiger partial charge in [-0.15, -0.1) is 5.10 Å². The lowest BCUT2D eigenvalue weighted by molar-refractivity contribution is 0.0690. The summed E-state index contributed by atoms with van der Waals surface area (Å²) in [6.45, 7) is 1.81. The van der Waals surface area contributed by atoms with E-state index in [0.29, 0.717) is 13.1 Å². The lowest BCUT2D eigenvalue weighted by atomic mass is 10.1. The van der Waals surface area contributed by atoms with E-state index in [1.165, 1.54) is 23.7 Å². The van der Waals surface area contributed by atoms with Crippen LogP contribution in [0, 0.1) is 5.92 Å². The molecule has 3 rings (SSSR count). The van der Waals surface area contributed by atoms with Gasteiger partial charge in [0.2, 0.25) is 0 Å². The first kappa shape index (κ1) is 12.9. The highest BCUT2D eigenvalue weighted by Gasteiger charge is 2.33. The Bertz CT molecular complexity index is 519. The standard InChI is InChI=1S/C12H17N5O3/c18-11(19)10-7-17(15-14-10)9-5-16(6-9)12(20)13-4-3-8-1-2-8/h7-9H,1-6H2,(H,13,20)(H,18,19). The Morgan fingerprint density at radius 1 is 1.40 bits per heavy atom. The van der Waals surface area contributed by atoms with Gasteiger partial charge in [0.05, 0.1) is 12.2 Å². The summed E-state index contributed by atoms with van der Waals surface area (Å²) < 4.78 is 1.51. The molecule has 1 aromatic heterocycles. The van der Waals surface area contributed by atoms with Crippen LogP contribution >= 0.6 is 0 Å². The van der Waals surface area contributed by atoms with E-state index < -0.39 is 5.97 Å². The number of carboxylic acid groups (broad SMARTS) is 1. The molecule has 20 heavy (non-hydrogen) atoms. The first-order valence-electron chi connectivity index (χ1n) is 6.81. The second-order valence-electron chi connectivity index (χ2n) is 5.41. The van der Waals surface area contributed by atoms with Gasteiger partial charge in [-0.1, -0.05) is 18.1 Å². The molecule has 2 aliphatic rings. The molecule has 1 saturated carbocycles. The third-order valence-electron chi connectivity index (χ3n) is 3.78. The largest absolute Gasteiger partial charge is 0.476 e. The fourth-order valence-electron chi connectivity index (χ4n) is 2.24. The van der Waals surface area contributed by atoms with Crippen molar-refractivity contribution in [3.8, 4) is 0 Å². The number of aromatic nitrogens is 3. The molecule has 1 aromatic rings. The zero-order chi connectivity index (χ0) is 14.1. The van der Waals surface area contributed by atoms with Gasteiger partial charge < -0.3 is 15.3 Å². The number of likely N-dealkylation sites (tertiary alicyclic amines) is 1. The van der Waals surface area contributed by atoms with Crippen molar-refractivity contribution in [2.75, 3.05) is 19.6 Å². The Labute approximate surface area is 115 Å². The predicted molar refractivity (Wildman–Crippen MR) is 68.3 cm³/mol. The first-order valence-corrected chi connectivity index (χ1v) is 6.81. The molecule has 2 heterocycles. The number of amides is 2. The van der Waals surface area contributed by atoms with E-state index in [4.69, 9.17) is 5.11 Å². The van der Waals surface area contributed by atoms with Crippen LogP contribution in [0.1, 0.15) is 35.8 Å². The van der Waals surface area contributed by atoms with Gasteiger partial charge in [-0.05, 0) is 12.3 Å². The summed E-state index contributed by atoms with van der Waals surface area (Å²) in [6, 6.07) is -0.0368. The lowest BCUT2D eigenvalue weighted by Crippen LogP contribution is -2.54. The number of carboxylic acids is 1. The van der Waals surface area contributed by atoms with Crippen molar-refractivity contribution >= 4 is 12.0 Å². The van der Waals surface area contributed by atoms with Gasteiger partial charge in [-0.2, -0.15) is 0 Å². The Morgan fingerprint density at radius 3 is 2.75 bits per heavy atom. The molecule has 0 atom stereocenters.